The number of anilines is 3. The van der Waals surface area contributed by atoms with Crippen LogP contribution in [0.3, 0.4) is 0 Å². The SMILES string of the molecule is CNS(=O)(=O)c1ccc(N2CCOCC2)c(Nc2ncnc3[nH]ncc23)c1. The molecule has 1 fully saturated rings. The fourth-order valence-electron chi connectivity index (χ4n) is 2.97. The number of ether oxygens (including phenoxy) is 1. The maximum atomic E-state index is 12.3. The van der Waals surface area contributed by atoms with Gasteiger partial charge in [-0.15, -0.1) is 0 Å². The van der Waals surface area contributed by atoms with E-state index in [4.69, 9.17) is 4.74 Å². The molecule has 2 aromatic heterocycles. The molecule has 0 bridgehead atoms. The van der Waals surface area contributed by atoms with E-state index >= 15 is 0 Å². The molecule has 11 heteroatoms. The normalized spacial score (nSPS) is 15.2. The fourth-order valence-corrected chi connectivity index (χ4v) is 3.73. The maximum absolute atomic E-state index is 12.3. The average Bonchev–Trinajstić information content (AvgIpc) is 3.18. The highest BCUT2D eigenvalue weighted by atomic mass is 32.2. The Labute approximate surface area is 156 Å². The van der Waals surface area contributed by atoms with Gasteiger partial charge in [-0.3, -0.25) is 5.10 Å². The Balaban J connectivity index is 1.79. The lowest BCUT2D eigenvalue weighted by molar-refractivity contribution is 0.123. The summed E-state index contributed by atoms with van der Waals surface area (Å²) in [5.74, 6) is 0.544. The number of morpholine rings is 1. The molecule has 0 radical (unpaired) electrons. The topological polar surface area (TPSA) is 125 Å². The first-order chi connectivity index (χ1) is 13.1. The number of nitrogens with zero attached hydrogens (tertiary/aromatic N) is 4. The number of sulfonamides is 1. The van der Waals surface area contributed by atoms with Crippen molar-refractivity contribution in [2.24, 2.45) is 0 Å². The minimum absolute atomic E-state index is 0.169. The van der Waals surface area contributed by atoms with Crippen LogP contribution >= 0.6 is 0 Å². The molecule has 1 saturated heterocycles. The maximum Gasteiger partial charge on any atom is 0.240 e. The van der Waals surface area contributed by atoms with Crippen LogP contribution in [-0.2, 0) is 14.8 Å². The van der Waals surface area contributed by atoms with Crippen LogP contribution in [0.4, 0.5) is 17.2 Å². The van der Waals surface area contributed by atoms with E-state index in [2.05, 4.69) is 35.1 Å². The van der Waals surface area contributed by atoms with E-state index in [0.29, 0.717) is 35.8 Å². The molecule has 1 aliphatic heterocycles. The van der Waals surface area contributed by atoms with Crippen molar-refractivity contribution < 1.29 is 13.2 Å². The number of aromatic nitrogens is 4. The third kappa shape index (κ3) is 3.44. The summed E-state index contributed by atoms with van der Waals surface area (Å²) in [7, 11) is -2.19. The van der Waals surface area contributed by atoms with Gasteiger partial charge in [-0.2, -0.15) is 5.10 Å². The minimum atomic E-state index is -3.58. The largest absolute Gasteiger partial charge is 0.378 e. The second-order valence-corrected chi connectivity index (χ2v) is 7.85. The number of rotatable bonds is 5. The first-order valence-electron chi connectivity index (χ1n) is 8.40. The van der Waals surface area contributed by atoms with Gasteiger partial charge in [0, 0.05) is 13.1 Å². The molecule has 0 atom stereocenters. The molecule has 0 spiro atoms. The number of benzene rings is 1. The number of hydrogen-bond donors (Lipinski definition) is 3. The molecule has 0 unspecified atom stereocenters. The van der Waals surface area contributed by atoms with E-state index in [1.807, 2.05) is 0 Å². The molecule has 3 heterocycles. The van der Waals surface area contributed by atoms with Crippen LogP contribution in [0, 0.1) is 0 Å². The fraction of sp³-hybridized carbons (Fsp3) is 0.312. The van der Waals surface area contributed by atoms with Gasteiger partial charge < -0.3 is 15.0 Å². The Morgan fingerprint density at radius 1 is 1.22 bits per heavy atom. The van der Waals surface area contributed by atoms with Gasteiger partial charge in [-0.25, -0.2) is 23.1 Å². The summed E-state index contributed by atoms with van der Waals surface area (Å²) >= 11 is 0. The Kier molecular flexibility index (Phi) is 4.64. The molecule has 1 aromatic carbocycles. The zero-order chi connectivity index (χ0) is 18.9. The van der Waals surface area contributed by atoms with Gasteiger partial charge in [0.05, 0.1) is 41.1 Å². The molecule has 0 aliphatic carbocycles. The van der Waals surface area contributed by atoms with Gasteiger partial charge in [-0.05, 0) is 25.2 Å². The first kappa shape index (κ1) is 17.6. The standard InChI is InChI=1S/C16H19N7O3S/c1-17-27(24,25)11-2-3-14(23-4-6-26-7-5-23)13(8-11)21-15-12-9-20-22-16(12)19-10-18-15/h2-3,8-10,17H,4-7H2,1H3,(H2,18,19,20,21,22). The van der Waals surface area contributed by atoms with E-state index < -0.39 is 10.0 Å². The van der Waals surface area contributed by atoms with Crippen molar-refractivity contribution in [1.82, 2.24) is 24.9 Å². The predicted octanol–water partition coefficient (Wildman–Crippen LogP) is 0.841. The third-order valence-corrected chi connectivity index (χ3v) is 5.81. The lowest BCUT2D eigenvalue weighted by atomic mass is 10.2. The summed E-state index contributed by atoms with van der Waals surface area (Å²) in [6, 6.07) is 4.99. The van der Waals surface area contributed by atoms with Crippen LogP contribution in [0.15, 0.2) is 35.6 Å². The van der Waals surface area contributed by atoms with Crippen molar-refractivity contribution in [3.05, 3.63) is 30.7 Å². The molecular weight excluding hydrogens is 370 g/mol. The zero-order valence-corrected chi connectivity index (χ0v) is 15.5. The van der Waals surface area contributed by atoms with Gasteiger partial charge in [0.15, 0.2) is 5.65 Å². The summed E-state index contributed by atoms with van der Waals surface area (Å²) in [4.78, 5) is 10.7. The third-order valence-electron chi connectivity index (χ3n) is 4.40. The van der Waals surface area contributed by atoms with Crippen molar-refractivity contribution in [2.75, 3.05) is 43.6 Å². The van der Waals surface area contributed by atoms with Gasteiger partial charge in [-0.1, -0.05) is 0 Å². The summed E-state index contributed by atoms with van der Waals surface area (Å²) in [6.07, 6.45) is 3.05. The van der Waals surface area contributed by atoms with Crippen LogP contribution < -0.4 is 14.9 Å². The lowest BCUT2D eigenvalue weighted by Crippen LogP contribution is -2.36. The summed E-state index contributed by atoms with van der Waals surface area (Å²) in [5, 5.41) is 10.7. The Hall–Kier alpha value is -2.76. The van der Waals surface area contributed by atoms with Crippen molar-refractivity contribution in [3.8, 4) is 0 Å². The van der Waals surface area contributed by atoms with E-state index in [-0.39, 0.29) is 4.90 Å². The second kappa shape index (κ2) is 7.10. The number of H-pyrrole nitrogens is 1. The van der Waals surface area contributed by atoms with Gasteiger partial charge in [0.2, 0.25) is 10.0 Å². The molecule has 3 aromatic rings. The van der Waals surface area contributed by atoms with Gasteiger partial charge in [0.25, 0.3) is 0 Å². The Morgan fingerprint density at radius 3 is 2.81 bits per heavy atom. The van der Waals surface area contributed by atoms with Crippen molar-refractivity contribution in [1.29, 1.82) is 0 Å². The number of fused-ring (bicyclic) bond motifs is 1. The lowest BCUT2D eigenvalue weighted by Gasteiger charge is -2.31. The first-order valence-corrected chi connectivity index (χ1v) is 9.88. The Bertz CT molecular complexity index is 1060. The van der Waals surface area contributed by atoms with Crippen molar-refractivity contribution in [2.45, 2.75) is 4.90 Å². The monoisotopic (exact) mass is 389 g/mol. The van der Waals surface area contributed by atoms with Crippen LogP contribution in [0.1, 0.15) is 0 Å². The van der Waals surface area contributed by atoms with Gasteiger partial charge in [0.1, 0.15) is 12.1 Å². The molecule has 0 saturated carbocycles. The van der Waals surface area contributed by atoms with Crippen molar-refractivity contribution >= 4 is 38.2 Å². The molecule has 27 heavy (non-hydrogen) atoms. The number of hydrogen-bond acceptors (Lipinski definition) is 8. The second-order valence-electron chi connectivity index (χ2n) is 5.97. The average molecular weight is 389 g/mol. The molecule has 142 valence electrons. The molecular formula is C16H19N7O3S. The summed E-state index contributed by atoms with van der Waals surface area (Å²) in [6.45, 7) is 2.68. The quantitative estimate of drug-likeness (QED) is 0.586. The van der Waals surface area contributed by atoms with Crippen LogP contribution in [0.2, 0.25) is 0 Å². The van der Waals surface area contributed by atoms with Crippen LogP contribution in [0.25, 0.3) is 11.0 Å². The van der Waals surface area contributed by atoms with Gasteiger partial charge >= 0.3 is 0 Å². The van der Waals surface area contributed by atoms with E-state index in [1.54, 1.807) is 24.4 Å². The van der Waals surface area contributed by atoms with Crippen LogP contribution in [0.5, 0.6) is 0 Å². The molecule has 10 nitrogen and oxygen atoms in total. The highest BCUT2D eigenvalue weighted by Crippen LogP contribution is 2.33. The highest BCUT2D eigenvalue weighted by Gasteiger charge is 2.20. The zero-order valence-electron chi connectivity index (χ0n) is 14.6. The molecule has 4 rings (SSSR count). The molecule has 3 N–H and O–H groups in total. The molecule has 1 aliphatic rings. The van der Waals surface area contributed by atoms with Crippen molar-refractivity contribution in [3.63, 3.8) is 0 Å². The van der Waals surface area contributed by atoms with E-state index in [9.17, 15) is 8.42 Å². The molecule has 0 amide bonds. The number of nitrogens with one attached hydrogen (secondary N) is 3. The van der Waals surface area contributed by atoms with Crippen LogP contribution in [-0.4, -0.2) is 61.9 Å². The summed E-state index contributed by atoms with van der Waals surface area (Å²) < 4.78 is 32.3. The predicted molar refractivity (Wildman–Crippen MR) is 101 cm³/mol. The highest BCUT2D eigenvalue weighted by molar-refractivity contribution is 7.89. The van der Waals surface area contributed by atoms with E-state index in [1.165, 1.54) is 13.4 Å². The Morgan fingerprint density at radius 2 is 2.04 bits per heavy atom. The summed E-state index contributed by atoms with van der Waals surface area (Å²) in [5.41, 5.74) is 2.11. The smallest absolute Gasteiger partial charge is 0.240 e. The minimum Gasteiger partial charge on any atom is -0.378 e. The van der Waals surface area contributed by atoms with E-state index in [0.717, 1.165) is 18.8 Å². The number of aromatic amines is 1.